The van der Waals surface area contributed by atoms with Crippen LogP contribution in [0.1, 0.15) is 39.0 Å². The fourth-order valence-corrected chi connectivity index (χ4v) is 2.96. The van der Waals surface area contributed by atoms with Crippen LogP contribution in [0.5, 0.6) is 0 Å². The summed E-state index contributed by atoms with van der Waals surface area (Å²) in [6, 6.07) is 0.545. The van der Waals surface area contributed by atoms with E-state index in [9.17, 15) is 0 Å². The van der Waals surface area contributed by atoms with Gasteiger partial charge in [0.15, 0.2) is 0 Å². The zero-order valence-corrected chi connectivity index (χ0v) is 13.4. The molecule has 2 saturated heterocycles. The Bertz CT molecular complexity index is 265. The van der Waals surface area contributed by atoms with Crippen LogP contribution in [0.4, 0.5) is 0 Å². The fraction of sp³-hybridized carbons (Fsp3) is 1.00. The topological polar surface area (TPSA) is 49.0 Å². The summed E-state index contributed by atoms with van der Waals surface area (Å²) in [7, 11) is 0. The maximum atomic E-state index is 5.81. The van der Waals surface area contributed by atoms with Gasteiger partial charge in [-0.2, -0.15) is 0 Å². The zero-order chi connectivity index (χ0) is 14.8. The quantitative estimate of drug-likeness (QED) is 0.525. The molecule has 2 heterocycles. The zero-order valence-electron chi connectivity index (χ0n) is 13.4. The summed E-state index contributed by atoms with van der Waals surface area (Å²) in [6.07, 6.45) is 6.91. The molecule has 5 nitrogen and oxygen atoms in total. The molecule has 2 bridgehead atoms. The molecule has 2 aliphatic heterocycles. The molecule has 0 amide bonds. The summed E-state index contributed by atoms with van der Waals surface area (Å²) in [6.45, 7) is 7.30. The van der Waals surface area contributed by atoms with Gasteiger partial charge in [0.05, 0.1) is 45.2 Å². The molecule has 2 aliphatic rings. The van der Waals surface area contributed by atoms with Crippen molar-refractivity contribution in [3.8, 4) is 0 Å². The van der Waals surface area contributed by atoms with Gasteiger partial charge in [-0.15, -0.1) is 0 Å². The lowest BCUT2D eigenvalue weighted by Crippen LogP contribution is -2.39. The summed E-state index contributed by atoms with van der Waals surface area (Å²) in [5, 5.41) is 3.53. The van der Waals surface area contributed by atoms with Gasteiger partial charge in [-0.05, 0) is 25.7 Å². The number of unbranched alkanes of at least 4 members (excludes halogenated alkanes) is 1. The molecular weight excluding hydrogens is 270 g/mol. The van der Waals surface area contributed by atoms with Crippen LogP contribution in [0.2, 0.25) is 0 Å². The minimum atomic E-state index is 0.450. The molecule has 0 aromatic heterocycles. The van der Waals surface area contributed by atoms with E-state index >= 15 is 0 Å². The average Bonchev–Trinajstić information content (AvgIpc) is 3.11. The van der Waals surface area contributed by atoms with Crippen molar-refractivity contribution in [2.24, 2.45) is 0 Å². The molecule has 2 fully saturated rings. The van der Waals surface area contributed by atoms with Gasteiger partial charge in [-0.3, -0.25) is 0 Å². The second-order valence-corrected chi connectivity index (χ2v) is 5.86. The Hall–Kier alpha value is -0.200. The Morgan fingerprint density at radius 2 is 1.67 bits per heavy atom. The minimum absolute atomic E-state index is 0.450. The number of fused-ring (bicyclic) bond motifs is 2. The second-order valence-electron chi connectivity index (χ2n) is 5.86. The van der Waals surface area contributed by atoms with E-state index < -0.39 is 0 Å². The second kappa shape index (κ2) is 10.5. The molecule has 0 aromatic rings. The lowest BCUT2D eigenvalue weighted by Gasteiger charge is -2.19. The Kier molecular flexibility index (Phi) is 8.59. The lowest BCUT2D eigenvalue weighted by atomic mass is 9.96. The van der Waals surface area contributed by atoms with Gasteiger partial charge in [-0.25, -0.2) is 0 Å². The van der Waals surface area contributed by atoms with Crippen LogP contribution >= 0.6 is 0 Å². The first-order valence-electron chi connectivity index (χ1n) is 8.52. The summed E-state index contributed by atoms with van der Waals surface area (Å²) >= 11 is 0. The highest BCUT2D eigenvalue weighted by Crippen LogP contribution is 2.34. The fourth-order valence-electron chi connectivity index (χ4n) is 2.96. The van der Waals surface area contributed by atoms with Crippen molar-refractivity contribution in [3.63, 3.8) is 0 Å². The molecule has 5 heteroatoms. The van der Waals surface area contributed by atoms with Crippen molar-refractivity contribution in [2.45, 2.75) is 57.3 Å². The average molecular weight is 301 g/mol. The highest BCUT2D eigenvalue weighted by Gasteiger charge is 2.40. The Labute approximate surface area is 128 Å². The number of ether oxygens (including phenoxy) is 4. The third kappa shape index (κ3) is 6.61. The highest BCUT2D eigenvalue weighted by molar-refractivity contribution is 4.93. The molecule has 1 N–H and O–H groups in total. The predicted molar refractivity (Wildman–Crippen MR) is 81.7 cm³/mol. The Morgan fingerprint density at radius 1 is 0.952 bits per heavy atom. The van der Waals surface area contributed by atoms with Gasteiger partial charge in [-0.1, -0.05) is 13.3 Å². The van der Waals surface area contributed by atoms with E-state index in [-0.39, 0.29) is 0 Å². The SMILES string of the molecule is CCCCOCCOCCOCCNC1CC2CCC1O2. The molecule has 21 heavy (non-hydrogen) atoms. The minimum Gasteiger partial charge on any atom is -0.379 e. The predicted octanol–water partition coefficient (Wildman–Crippen LogP) is 1.75. The number of hydrogen-bond acceptors (Lipinski definition) is 5. The highest BCUT2D eigenvalue weighted by atomic mass is 16.5. The van der Waals surface area contributed by atoms with Crippen molar-refractivity contribution in [1.29, 1.82) is 0 Å². The lowest BCUT2D eigenvalue weighted by molar-refractivity contribution is 0.0141. The van der Waals surface area contributed by atoms with Crippen LogP contribution in [-0.4, -0.2) is 64.4 Å². The standard InChI is InChI=1S/C16H31NO4/c1-2-3-7-18-9-11-20-12-10-19-8-6-17-15-13-14-4-5-16(15)21-14/h14-17H,2-13H2,1H3. The molecule has 2 rings (SSSR count). The van der Waals surface area contributed by atoms with Crippen LogP contribution in [-0.2, 0) is 18.9 Å². The van der Waals surface area contributed by atoms with Crippen LogP contribution in [0.15, 0.2) is 0 Å². The van der Waals surface area contributed by atoms with Crippen molar-refractivity contribution < 1.29 is 18.9 Å². The third-order valence-electron chi connectivity index (χ3n) is 4.15. The monoisotopic (exact) mass is 301 g/mol. The molecular formula is C16H31NO4. The third-order valence-corrected chi connectivity index (χ3v) is 4.15. The first-order chi connectivity index (χ1) is 10.4. The van der Waals surface area contributed by atoms with Crippen LogP contribution in [0.3, 0.4) is 0 Å². The Morgan fingerprint density at radius 3 is 2.29 bits per heavy atom. The van der Waals surface area contributed by atoms with Crippen molar-refractivity contribution in [1.82, 2.24) is 5.32 Å². The van der Waals surface area contributed by atoms with Crippen molar-refractivity contribution >= 4 is 0 Å². The molecule has 0 aliphatic carbocycles. The molecule has 0 spiro atoms. The first-order valence-corrected chi connectivity index (χ1v) is 8.52. The van der Waals surface area contributed by atoms with Gasteiger partial charge < -0.3 is 24.3 Å². The van der Waals surface area contributed by atoms with E-state index in [2.05, 4.69) is 12.2 Å². The first kappa shape index (κ1) is 17.2. The summed E-state index contributed by atoms with van der Waals surface area (Å²) in [4.78, 5) is 0. The van der Waals surface area contributed by atoms with Gasteiger partial charge in [0.25, 0.3) is 0 Å². The van der Waals surface area contributed by atoms with Crippen molar-refractivity contribution in [3.05, 3.63) is 0 Å². The number of rotatable bonds is 13. The largest absolute Gasteiger partial charge is 0.379 e. The number of nitrogens with one attached hydrogen (secondary N) is 1. The van der Waals surface area contributed by atoms with E-state index in [0.717, 1.165) is 26.2 Å². The summed E-state index contributed by atoms with van der Waals surface area (Å²) in [5.74, 6) is 0. The maximum absolute atomic E-state index is 5.81. The summed E-state index contributed by atoms with van der Waals surface area (Å²) < 4.78 is 22.2. The molecule has 3 unspecified atom stereocenters. The van der Waals surface area contributed by atoms with E-state index in [1.165, 1.54) is 25.7 Å². The number of hydrogen-bond donors (Lipinski definition) is 1. The molecule has 124 valence electrons. The van der Waals surface area contributed by atoms with E-state index in [0.29, 0.717) is 44.7 Å². The van der Waals surface area contributed by atoms with Crippen LogP contribution in [0, 0.1) is 0 Å². The van der Waals surface area contributed by atoms with Gasteiger partial charge >= 0.3 is 0 Å². The van der Waals surface area contributed by atoms with E-state index in [1.54, 1.807) is 0 Å². The van der Waals surface area contributed by atoms with Crippen LogP contribution < -0.4 is 5.32 Å². The van der Waals surface area contributed by atoms with Crippen molar-refractivity contribution in [2.75, 3.05) is 46.2 Å². The van der Waals surface area contributed by atoms with Gasteiger partial charge in [0.2, 0.25) is 0 Å². The molecule has 0 saturated carbocycles. The van der Waals surface area contributed by atoms with E-state index in [4.69, 9.17) is 18.9 Å². The van der Waals surface area contributed by atoms with Gasteiger partial charge in [0, 0.05) is 19.2 Å². The van der Waals surface area contributed by atoms with Gasteiger partial charge in [0.1, 0.15) is 0 Å². The smallest absolute Gasteiger partial charge is 0.0733 e. The normalized spacial score (nSPS) is 27.6. The molecule has 3 atom stereocenters. The molecule has 0 radical (unpaired) electrons. The summed E-state index contributed by atoms with van der Waals surface area (Å²) in [5.41, 5.74) is 0. The maximum Gasteiger partial charge on any atom is 0.0733 e. The Balaban J connectivity index is 1.29. The van der Waals surface area contributed by atoms with E-state index in [1.807, 2.05) is 0 Å². The van der Waals surface area contributed by atoms with Crippen LogP contribution in [0.25, 0.3) is 0 Å². The molecule has 0 aromatic carbocycles.